The molecule has 0 saturated heterocycles. The van der Waals surface area contributed by atoms with Gasteiger partial charge in [0.2, 0.25) is 0 Å². The summed E-state index contributed by atoms with van der Waals surface area (Å²) in [5.74, 6) is -0.902. The van der Waals surface area contributed by atoms with Crippen LogP contribution >= 0.6 is 11.6 Å². The van der Waals surface area contributed by atoms with Crippen LogP contribution in [0.25, 0.3) is 5.69 Å². The number of nitrogens with zero attached hydrogens (tertiary/aromatic N) is 4. The second-order valence-electron chi connectivity index (χ2n) is 4.38. The summed E-state index contributed by atoms with van der Waals surface area (Å²) in [4.78, 5) is 12.4. The van der Waals surface area contributed by atoms with Crippen molar-refractivity contribution in [3.05, 3.63) is 65.2 Å². The van der Waals surface area contributed by atoms with Crippen molar-refractivity contribution in [1.29, 1.82) is 0 Å². The lowest BCUT2D eigenvalue weighted by Crippen LogP contribution is -2.15. The van der Waals surface area contributed by atoms with Gasteiger partial charge >= 0.3 is 0 Å². The van der Waals surface area contributed by atoms with E-state index in [0.717, 1.165) is 0 Å². The quantitative estimate of drug-likeness (QED) is 0.806. The van der Waals surface area contributed by atoms with Crippen molar-refractivity contribution in [1.82, 2.24) is 20.2 Å². The molecule has 0 aliphatic heterocycles. The molecule has 3 rings (SSSR count). The molecular weight excluding hydrogens is 309 g/mol. The van der Waals surface area contributed by atoms with Crippen molar-refractivity contribution >= 4 is 23.2 Å². The van der Waals surface area contributed by atoms with Crippen molar-refractivity contribution in [3.63, 3.8) is 0 Å². The van der Waals surface area contributed by atoms with Crippen LogP contribution in [0.3, 0.4) is 0 Å². The van der Waals surface area contributed by atoms with Crippen LogP contribution in [0.15, 0.2) is 48.8 Å². The number of halogens is 2. The van der Waals surface area contributed by atoms with Gasteiger partial charge in [0.25, 0.3) is 5.91 Å². The molecule has 22 heavy (non-hydrogen) atoms. The molecule has 2 aromatic carbocycles. The van der Waals surface area contributed by atoms with Gasteiger partial charge in [-0.25, -0.2) is 4.39 Å². The van der Waals surface area contributed by atoms with Crippen LogP contribution in [-0.4, -0.2) is 26.1 Å². The summed E-state index contributed by atoms with van der Waals surface area (Å²) in [5.41, 5.74) is 1.06. The Hall–Kier alpha value is -2.80. The average molecular weight is 318 g/mol. The molecule has 0 unspecified atom stereocenters. The fourth-order valence-electron chi connectivity index (χ4n) is 1.89. The van der Waals surface area contributed by atoms with E-state index < -0.39 is 11.7 Å². The van der Waals surface area contributed by atoms with Gasteiger partial charge in [-0.2, -0.15) is 4.68 Å². The number of aromatic nitrogens is 4. The lowest BCUT2D eigenvalue weighted by atomic mass is 10.1. The fourth-order valence-corrected chi connectivity index (χ4v) is 2.02. The minimum atomic E-state index is -0.492. The highest BCUT2D eigenvalue weighted by Gasteiger charge is 2.15. The summed E-state index contributed by atoms with van der Waals surface area (Å²) in [6.07, 6.45) is 1.29. The largest absolute Gasteiger partial charge is 0.322 e. The summed E-state index contributed by atoms with van der Waals surface area (Å²) in [6, 6.07) is 10.4. The molecule has 0 spiro atoms. The van der Waals surface area contributed by atoms with Crippen molar-refractivity contribution in [2.45, 2.75) is 0 Å². The number of nitrogens with one attached hydrogen (secondary N) is 1. The van der Waals surface area contributed by atoms with E-state index in [9.17, 15) is 9.18 Å². The predicted molar refractivity (Wildman–Crippen MR) is 78.5 cm³/mol. The minimum Gasteiger partial charge on any atom is -0.322 e. The summed E-state index contributed by atoms with van der Waals surface area (Å²) in [6.45, 7) is 0. The van der Waals surface area contributed by atoms with Gasteiger partial charge in [-0.15, -0.1) is 5.10 Å². The number of hydrogen-bond donors (Lipinski definition) is 1. The number of carbonyl (C=O) groups excluding carboxylic acids is 1. The van der Waals surface area contributed by atoms with Gasteiger partial charge in [0.05, 0.1) is 11.3 Å². The van der Waals surface area contributed by atoms with E-state index in [1.807, 2.05) is 0 Å². The third kappa shape index (κ3) is 2.94. The molecule has 3 aromatic rings. The molecule has 1 aromatic heterocycles. The van der Waals surface area contributed by atoms with Gasteiger partial charge in [0.1, 0.15) is 12.1 Å². The number of benzene rings is 2. The predicted octanol–water partition coefficient (Wildman–Crippen LogP) is 2.71. The van der Waals surface area contributed by atoms with E-state index in [0.29, 0.717) is 10.7 Å². The zero-order valence-corrected chi connectivity index (χ0v) is 11.8. The first-order chi connectivity index (χ1) is 10.6. The first-order valence-corrected chi connectivity index (χ1v) is 6.61. The van der Waals surface area contributed by atoms with Crippen molar-refractivity contribution < 1.29 is 9.18 Å². The van der Waals surface area contributed by atoms with E-state index in [2.05, 4.69) is 20.8 Å². The Balaban J connectivity index is 1.94. The molecule has 1 N–H and O–H groups in total. The van der Waals surface area contributed by atoms with Crippen LogP contribution in [0.5, 0.6) is 0 Å². The summed E-state index contributed by atoms with van der Waals surface area (Å²) < 4.78 is 14.7. The van der Waals surface area contributed by atoms with Crippen LogP contribution in [-0.2, 0) is 0 Å². The third-order valence-electron chi connectivity index (χ3n) is 2.90. The van der Waals surface area contributed by atoms with E-state index in [4.69, 9.17) is 11.6 Å². The van der Waals surface area contributed by atoms with Gasteiger partial charge in [-0.3, -0.25) is 4.79 Å². The van der Waals surface area contributed by atoms with Gasteiger partial charge in [0.15, 0.2) is 0 Å². The SMILES string of the molecule is O=C(Nc1ccc(Cl)cc1)c1ccc(F)cc1-n1cnnn1. The van der Waals surface area contributed by atoms with Crippen molar-refractivity contribution in [2.75, 3.05) is 5.32 Å². The number of tetrazole rings is 1. The van der Waals surface area contributed by atoms with Crippen LogP contribution in [0, 0.1) is 5.82 Å². The first-order valence-electron chi connectivity index (χ1n) is 6.23. The van der Waals surface area contributed by atoms with Gasteiger partial charge in [-0.05, 0) is 46.8 Å². The maximum absolute atomic E-state index is 13.4. The van der Waals surface area contributed by atoms with E-state index >= 15 is 0 Å². The van der Waals surface area contributed by atoms with Crippen LogP contribution in [0.2, 0.25) is 5.02 Å². The first kappa shape index (κ1) is 14.2. The number of amides is 1. The highest BCUT2D eigenvalue weighted by molar-refractivity contribution is 6.30. The molecule has 0 aliphatic rings. The van der Waals surface area contributed by atoms with E-state index in [-0.39, 0.29) is 11.3 Å². The zero-order chi connectivity index (χ0) is 15.5. The average Bonchev–Trinajstić information content (AvgIpc) is 3.03. The Morgan fingerprint density at radius 1 is 1.18 bits per heavy atom. The molecule has 0 saturated carbocycles. The monoisotopic (exact) mass is 317 g/mol. The van der Waals surface area contributed by atoms with Crippen molar-refractivity contribution in [3.8, 4) is 5.69 Å². The standard InChI is InChI=1S/C14H9ClFN5O/c15-9-1-4-11(5-2-9)18-14(22)12-6-3-10(16)7-13(12)21-8-17-19-20-21/h1-8H,(H,18,22). The lowest BCUT2D eigenvalue weighted by molar-refractivity contribution is 0.102. The van der Waals surface area contributed by atoms with Crippen LogP contribution in [0.1, 0.15) is 10.4 Å². The maximum atomic E-state index is 13.4. The molecule has 0 atom stereocenters. The Labute approximate surface area is 129 Å². The molecular formula is C14H9ClFN5O. The van der Waals surface area contributed by atoms with Gasteiger partial charge in [0, 0.05) is 16.8 Å². The van der Waals surface area contributed by atoms with E-state index in [1.165, 1.54) is 29.2 Å². The lowest BCUT2D eigenvalue weighted by Gasteiger charge is -2.09. The highest BCUT2D eigenvalue weighted by Crippen LogP contribution is 2.18. The summed E-state index contributed by atoms with van der Waals surface area (Å²) >= 11 is 5.80. The summed E-state index contributed by atoms with van der Waals surface area (Å²) in [7, 11) is 0. The van der Waals surface area contributed by atoms with Gasteiger partial charge < -0.3 is 5.32 Å². The van der Waals surface area contributed by atoms with Crippen LogP contribution < -0.4 is 5.32 Å². The molecule has 0 fully saturated rings. The van der Waals surface area contributed by atoms with Crippen LogP contribution in [0.4, 0.5) is 10.1 Å². The normalized spacial score (nSPS) is 10.5. The Morgan fingerprint density at radius 2 is 1.95 bits per heavy atom. The molecule has 1 heterocycles. The molecule has 8 heteroatoms. The minimum absolute atomic E-state index is 0.239. The maximum Gasteiger partial charge on any atom is 0.257 e. The smallest absolute Gasteiger partial charge is 0.257 e. The molecule has 6 nitrogen and oxygen atoms in total. The topological polar surface area (TPSA) is 72.7 Å². The zero-order valence-electron chi connectivity index (χ0n) is 11.1. The Bertz CT molecular complexity index is 805. The fraction of sp³-hybridized carbons (Fsp3) is 0. The number of anilines is 1. The Morgan fingerprint density at radius 3 is 2.64 bits per heavy atom. The van der Waals surface area contributed by atoms with Gasteiger partial charge in [-0.1, -0.05) is 11.6 Å². The molecule has 0 radical (unpaired) electrons. The second-order valence-corrected chi connectivity index (χ2v) is 4.81. The number of hydrogen-bond acceptors (Lipinski definition) is 4. The molecule has 0 aliphatic carbocycles. The molecule has 0 bridgehead atoms. The third-order valence-corrected chi connectivity index (χ3v) is 3.15. The molecule has 1 amide bonds. The summed E-state index contributed by atoms with van der Waals surface area (Å²) in [5, 5.41) is 13.9. The highest BCUT2D eigenvalue weighted by atomic mass is 35.5. The molecule has 110 valence electrons. The Kier molecular flexibility index (Phi) is 3.80. The number of carbonyl (C=O) groups is 1. The second kappa shape index (κ2) is 5.90. The number of rotatable bonds is 3. The van der Waals surface area contributed by atoms with Crippen molar-refractivity contribution in [2.24, 2.45) is 0 Å². The van der Waals surface area contributed by atoms with E-state index in [1.54, 1.807) is 24.3 Å².